The van der Waals surface area contributed by atoms with Gasteiger partial charge in [0.2, 0.25) is 0 Å². The first-order valence-corrected chi connectivity index (χ1v) is 9.21. The highest BCUT2D eigenvalue weighted by molar-refractivity contribution is 5.76. The molecule has 2 aromatic carbocycles. The van der Waals surface area contributed by atoms with E-state index in [9.17, 15) is 4.39 Å². The van der Waals surface area contributed by atoms with Gasteiger partial charge in [0.05, 0.1) is 35.0 Å². The van der Waals surface area contributed by atoms with Crippen molar-refractivity contribution in [3.63, 3.8) is 0 Å². The van der Waals surface area contributed by atoms with Gasteiger partial charge in [-0.3, -0.25) is 4.98 Å². The first kappa shape index (κ1) is 18.6. The summed E-state index contributed by atoms with van der Waals surface area (Å²) in [5.41, 5.74) is 11.6. The highest BCUT2D eigenvalue weighted by Crippen LogP contribution is 2.33. The molecule has 6 nitrogen and oxygen atoms in total. The molecule has 0 bridgehead atoms. The molecule has 3 N–H and O–H groups in total. The summed E-state index contributed by atoms with van der Waals surface area (Å²) in [6, 6.07) is 16.6. The van der Waals surface area contributed by atoms with Crippen LogP contribution in [0.5, 0.6) is 0 Å². The summed E-state index contributed by atoms with van der Waals surface area (Å²) in [6.07, 6.45) is 2.80. The molecule has 1 unspecified atom stereocenters. The largest absolute Gasteiger partial charge is 0.397 e. The predicted molar refractivity (Wildman–Crippen MR) is 112 cm³/mol. The molecule has 0 saturated carbocycles. The van der Waals surface area contributed by atoms with Gasteiger partial charge in [-0.1, -0.05) is 41.6 Å². The van der Waals surface area contributed by atoms with Gasteiger partial charge in [0.1, 0.15) is 5.82 Å². The van der Waals surface area contributed by atoms with Crippen molar-refractivity contribution in [1.29, 1.82) is 0 Å². The van der Waals surface area contributed by atoms with Crippen LogP contribution in [-0.4, -0.2) is 20.0 Å². The van der Waals surface area contributed by atoms with Crippen molar-refractivity contribution in [2.24, 2.45) is 7.05 Å². The number of pyridine rings is 1. The van der Waals surface area contributed by atoms with Crippen molar-refractivity contribution in [2.75, 3.05) is 11.1 Å². The molecule has 7 heteroatoms. The van der Waals surface area contributed by atoms with Crippen molar-refractivity contribution in [3.05, 3.63) is 89.6 Å². The van der Waals surface area contributed by atoms with E-state index in [1.54, 1.807) is 16.9 Å². The Labute approximate surface area is 168 Å². The molecule has 4 rings (SSSR count). The van der Waals surface area contributed by atoms with Crippen LogP contribution in [0.25, 0.3) is 11.3 Å². The Bertz CT molecular complexity index is 1120. The minimum atomic E-state index is -0.428. The quantitative estimate of drug-likeness (QED) is 0.503. The summed E-state index contributed by atoms with van der Waals surface area (Å²) in [6.45, 7) is 1.91. The Balaban J connectivity index is 1.79. The number of nitrogens with two attached hydrogens (primary N) is 1. The van der Waals surface area contributed by atoms with Gasteiger partial charge in [0.15, 0.2) is 0 Å². The van der Waals surface area contributed by atoms with Crippen molar-refractivity contribution < 1.29 is 4.39 Å². The van der Waals surface area contributed by atoms with Gasteiger partial charge >= 0.3 is 0 Å². The molecule has 146 valence electrons. The molecule has 0 aliphatic heterocycles. The molecule has 0 aliphatic carbocycles. The SMILES string of the molecule is Cc1nnn(C)c1-c1ccc(N)c(NC(c2ccccc2)c2ccncc2F)c1. The lowest BCUT2D eigenvalue weighted by Gasteiger charge is -2.23. The zero-order chi connectivity index (χ0) is 20.4. The number of halogens is 1. The molecule has 0 fully saturated rings. The van der Waals surface area contributed by atoms with Crippen molar-refractivity contribution in [2.45, 2.75) is 13.0 Å². The topological polar surface area (TPSA) is 81.7 Å². The van der Waals surface area contributed by atoms with E-state index < -0.39 is 6.04 Å². The second-order valence-electron chi connectivity index (χ2n) is 6.83. The van der Waals surface area contributed by atoms with Crippen LogP contribution in [-0.2, 0) is 7.05 Å². The molecule has 0 radical (unpaired) electrons. The Kier molecular flexibility index (Phi) is 4.95. The predicted octanol–water partition coefficient (Wildman–Crippen LogP) is 4.11. The Morgan fingerprint density at radius 3 is 2.59 bits per heavy atom. The summed E-state index contributed by atoms with van der Waals surface area (Å²) in [5, 5.41) is 11.6. The summed E-state index contributed by atoms with van der Waals surface area (Å²) in [5.74, 6) is -0.379. The van der Waals surface area contributed by atoms with Crippen molar-refractivity contribution in [1.82, 2.24) is 20.0 Å². The fraction of sp³-hybridized carbons (Fsp3) is 0.136. The first-order valence-electron chi connectivity index (χ1n) is 9.21. The van der Waals surface area contributed by atoms with Crippen LogP contribution < -0.4 is 11.1 Å². The summed E-state index contributed by atoms with van der Waals surface area (Å²) >= 11 is 0. The van der Waals surface area contributed by atoms with Crippen molar-refractivity contribution in [3.8, 4) is 11.3 Å². The molecule has 0 aliphatic rings. The normalized spacial score (nSPS) is 12.0. The van der Waals surface area contributed by atoms with E-state index in [4.69, 9.17) is 5.73 Å². The first-order chi connectivity index (χ1) is 14.0. The number of nitrogens with one attached hydrogen (secondary N) is 1. The summed E-state index contributed by atoms with van der Waals surface area (Å²) in [7, 11) is 1.85. The van der Waals surface area contributed by atoms with E-state index in [0.29, 0.717) is 16.9 Å². The number of aromatic nitrogens is 4. The monoisotopic (exact) mass is 388 g/mol. The third-order valence-corrected chi connectivity index (χ3v) is 4.87. The maximum Gasteiger partial charge on any atom is 0.147 e. The highest BCUT2D eigenvalue weighted by Gasteiger charge is 2.20. The standard InChI is InChI=1S/C22H21FN6/c1-14-22(29(2)28-27-14)16-8-9-19(24)20(12-16)26-21(15-6-4-3-5-7-15)17-10-11-25-13-18(17)23/h3-13,21,26H,24H2,1-2H3. The Morgan fingerprint density at radius 2 is 1.90 bits per heavy atom. The molecule has 0 saturated heterocycles. The number of hydrogen-bond acceptors (Lipinski definition) is 5. The number of nitrogens with zero attached hydrogens (tertiary/aromatic N) is 4. The molecule has 1 atom stereocenters. The Hall–Kier alpha value is -3.74. The fourth-order valence-corrected chi connectivity index (χ4v) is 3.45. The molecule has 0 spiro atoms. The van der Waals surface area contributed by atoms with Crippen LogP contribution in [0.2, 0.25) is 0 Å². The van der Waals surface area contributed by atoms with Crippen LogP contribution in [0.1, 0.15) is 22.9 Å². The minimum absolute atomic E-state index is 0.379. The third kappa shape index (κ3) is 3.67. The lowest BCUT2D eigenvalue weighted by molar-refractivity contribution is 0.598. The average Bonchev–Trinajstić information content (AvgIpc) is 3.07. The third-order valence-electron chi connectivity index (χ3n) is 4.87. The second kappa shape index (κ2) is 7.71. The maximum atomic E-state index is 14.6. The lowest BCUT2D eigenvalue weighted by Crippen LogP contribution is -2.15. The number of hydrogen-bond donors (Lipinski definition) is 2. The average molecular weight is 388 g/mol. The van der Waals surface area contributed by atoms with E-state index in [1.807, 2.05) is 62.5 Å². The summed E-state index contributed by atoms with van der Waals surface area (Å²) < 4.78 is 16.3. The number of nitrogen functional groups attached to an aromatic ring is 1. The van der Waals surface area contributed by atoms with Gasteiger partial charge < -0.3 is 11.1 Å². The highest BCUT2D eigenvalue weighted by atomic mass is 19.1. The zero-order valence-corrected chi connectivity index (χ0v) is 16.2. The molecular weight excluding hydrogens is 367 g/mol. The van der Waals surface area contributed by atoms with Crippen LogP contribution in [0.15, 0.2) is 67.0 Å². The van der Waals surface area contributed by atoms with E-state index in [-0.39, 0.29) is 5.82 Å². The van der Waals surface area contributed by atoms with E-state index >= 15 is 0 Å². The smallest absolute Gasteiger partial charge is 0.147 e. The Morgan fingerprint density at radius 1 is 1.10 bits per heavy atom. The van der Waals surface area contributed by atoms with Crippen LogP contribution >= 0.6 is 0 Å². The van der Waals surface area contributed by atoms with Crippen LogP contribution in [0.4, 0.5) is 15.8 Å². The van der Waals surface area contributed by atoms with Gasteiger partial charge in [-0.05, 0) is 30.7 Å². The molecular formula is C22H21FN6. The number of benzene rings is 2. The van der Waals surface area contributed by atoms with E-state index in [1.165, 1.54) is 6.20 Å². The fourth-order valence-electron chi connectivity index (χ4n) is 3.45. The zero-order valence-electron chi connectivity index (χ0n) is 16.2. The van der Waals surface area contributed by atoms with Gasteiger partial charge in [-0.15, -0.1) is 5.10 Å². The van der Waals surface area contributed by atoms with Gasteiger partial charge in [-0.25, -0.2) is 9.07 Å². The van der Waals surface area contributed by atoms with E-state index in [0.717, 1.165) is 22.5 Å². The number of anilines is 2. The molecule has 2 aromatic heterocycles. The molecule has 2 heterocycles. The number of rotatable bonds is 5. The minimum Gasteiger partial charge on any atom is -0.397 e. The maximum absolute atomic E-state index is 14.6. The van der Waals surface area contributed by atoms with Crippen LogP contribution in [0, 0.1) is 12.7 Å². The molecule has 0 amide bonds. The van der Waals surface area contributed by atoms with Gasteiger partial charge in [0, 0.05) is 24.4 Å². The molecule has 4 aromatic rings. The second-order valence-corrected chi connectivity index (χ2v) is 6.83. The lowest BCUT2D eigenvalue weighted by atomic mass is 9.98. The van der Waals surface area contributed by atoms with Crippen LogP contribution in [0.3, 0.4) is 0 Å². The van der Waals surface area contributed by atoms with E-state index in [2.05, 4.69) is 20.6 Å². The van der Waals surface area contributed by atoms with Gasteiger partial charge in [0.25, 0.3) is 0 Å². The molecule has 29 heavy (non-hydrogen) atoms. The van der Waals surface area contributed by atoms with Crippen molar-refractivity contribution >= 4 is 11.4 Å². The number of aryl methyl sites for hydroxylation is 2. The van der Waals surface area contributed by atoms with Gasteiger partial charge in [-0.2, -0.15) is 0 Å². The summed E-state index contributed by atoms with van der Waals surface area (Å²) in [4.78, 5) is 3.87.